The molecule has 0 aliphatic heterocycles. The number of halogens is 1. The third-order valence-corrected chi connectivity index (χ3v) is 4.21. The zero-order chi connectivity index (χ0) is 18.4. The maximum absolute atomic E-state index is 13.4. The number of nitrogens with one attached hydrogen (secondary N) is 2. The lowest BCUT2D eigenvalue weighted by molar-refractivity contribution is -0.119. The first-order valence-corrected chi connectivity index (χ1v) is 8.53. The zero-order valence-electron chi connectivity index (χ0n) is 14.6. The van der Waals surface area contributed by atoms with Crippen molar-refractivity contribution in [3.8, 4) is 0 Å². The van der Waals surface area contributed by atoms with E-state index in [9.17, 15) is 9.18 Å². The summed E-state index contributed by atoms with van der Waals surface area (Å²) in [5.74, 6) is -0.490. The number of carbonyl (C=O) groups excluding carboxylic acids is 1. The van der Waals surface area contributed by atoms with Crippen LogP contribution in [-0.2, 0) is 4.79 Å². The minimum Gasteiger partial charge on any atom is -0.376 e. The molecule has 3 nitrogen and oxygen atoms in total. The van der Waals surface area contributed by atoms with Gasteiger partial charge in [-0.25, -0.2) is 4.39 Å². The van der Waals surface area contributed by atoms with Crippen molar-refractivity contribution in [3.63, 3.8) is 0 Å². The lowest BCUT2D eigenvalue weighted by Crippen LogP contribution is -2.34. The van der Waals surface area contributed by atoms with Crippen molar-refractivity contribution in [2.75, 3.05) is 11.9 Å². The molecule has 0 aliphatic carbocycles. The van der Waals surface area contributed by atoms with Gasteiger partial charge in [0, 0.05) is 5.69 Å². The number of anilines is 1. The summed E-state index contributed by atoms with van der Waals surface area (Å²) < 4.78 is 13.4. The maximum atomic E-state index is 13.4. The topological polar surface area (TPSA) is 41.1 Å². The van der Waals surface area contributed by atoms with E-state index >= 15 is 0 Å². The van der Waals surface area contributed by atoms with Crippen LogP contribution < -0.4 is 10.6 Å². The van der Waals surface area contributed by atoms with E-state index in [-0.39, 0.29) is 24.3 Å². The molecule has 3 aromatic carbocycles. The monoisotopic (exact) mass is 348 g/mol. The van der Waals surface area contributed by atoms with Crippen molar-refractivity contribution in [3.05, 3.63) is 101 Å². The lowest BCUT2D eigenvalue weighted by Gasteiger charge is -2.20. The first-order chi connectivity index (χ1) is 12.6. The Hall–Kier alpha value is -3.14. The summed E-state index contributed by atoms with van der Waals surface area (Å²) in [6.45, 7) is 1.94. The highest BCUT2D eigenvalue weighted by Gasteiger charge is 2.16. The Kier molecular flexibility index (Phi) is 5.64. The van der Waals surface area contributed by atoms with E-state index in [0.29, 0.717) is 5.69 Å². The van der Waals surface area contributed by atoms with Gasteiger partial charge >= 0.3 is 0 Å². The number of benzene rings is 3. The summed E-state index contributed by atoms with van der Waals surface area (Å²) in [7, 11) is 0. The molecule has 132 valence electrons. The molecule has 0 bridgehead atoms. The van der Waals surface area contributed by atoms with Crippen LogP contribution in [0, 0.1) is 12.7 Å². The molecule has 0 radical (unpaired) electrons. The van der Waals surface area contributed by atoms with Crippen LogP contribution in [0.3, 0.4) is 0 Å². The smallest absolute Gasteiger partial charge is 0.240 e. The summed E-state index contributed by atoms with van der Waals surface area (Å²) in [6, 6.07) is 23.9. The molecular weight excluding hydrogens is 327 g/mol. The molecule has 0 unspecified atom stereocenters. The molecule has 1 amide bonds. The average Bonchev–Trinajstić information content (AvgIpc) is 2.68. The van der Waals surface area contributed by atoms with Crippen LogP contribution in [0.2, 0.25) is 0 Å². The highest BCUT2D eigenvalue weighted by atomic mass is 19.1. The van der Waals surface area contributed by atoms with Crippen LogP contribution in [0.5, 0.6) is 0 Å². The van der Waals surface area contributed by atoms with E-state index in [4.69, 9.17) is 0 Å². The number of hydrogen-bond acceptors (Lipinski definition) is 2. The predicted octanol–water partition coefficient (Wildman–Crippen LogP) is 4.45. The number of amides is 1. The highest BCUT2D eigenvalue weighted by Crippen LogP contribution is 2.22. The number of carbonyl (C=O) groups is 1. The normalized spacial score (nSPS) is 10.6. The quantitative estimate of drug-likeness (QED) is 0.691. The molecule has 0 aromatic heterocycles. The summed E-state index contributed by atoms with van der Waals surface area (Å²) in [6.07, 6.45) is 0. The van der Waals surface area contributed by atoms with E-state index in [1.807, 2.05) is 67.6 Å². The van der Waals surface area contributed by atoms with Crippen LogP contribution >= 0.6 is 0 Å². The predicted molar refractivity (Wildman–Crippen MR) is 102 cm³/mol. The third kappa shape index (κ3) is 4.48. The zero-order valence-corrected chi connectivity index (χ0v) is 14.6. The molecule has 0 saturated heterocycles. The van der Waals surface area contributed by atoms with Gasteiger partial charge in [0.25, 0.3) is 0 Å². The SMILES string of the molecule is Cc1ccc(F)cc1NCC(=O)NC(c1ccccc1)c1ccccc1. The average molecular weight is 348 g/mol. The van der Waals surface area contributed by atoms with E-state index in [1.54, 1.807) is 6.07 Å². The largest absolute Gasteiger partial charge is 0.376 e. The van der Waals surface area contributed by atoms with Crippen molar-refractivity contribution >= 4 is 11.6 Å². The molecular formula is C22H21FN2O. The van der Waals surface area contributed by atoms with E-state index in [1.165, 1.54) is 12.1 Å². The highest BCUT2D eigenvalue weighted by molar-refractivity contribution is 5.81. The van der Waals surface area contributed by atoms with Gasteiger partial charge in [0.1, 0.15) is 5.82 Å². The summed E-state index contributed by atoms with van der Waals surface area (Å²) >= 11 is 0. The van der Waals surface area contributed by atoms with Gasteiger partial charge < -0.3 is 10.6 Å². The molecule has 0 fully saturated rings. The Bertz CT molecular complexity index is 826. The van der Waals surface area contributed by atoms with Gasteiger partial charge in [0.05, 0.1) is 12.6 Å². The first kappa shape index (κ1) is 17.7. The van der Waals surface area contributed by atoms with Crippen molar-refractivity contribution in [2.45, 2.75) is 13.0 Å². The van der Waals surface area contributed by atoms with E-state index in [0.717, 1.165) is 16.7 Å². The van der Waals surface area contributed by atoms with Gasteiger partial charge in [0.2, 0.25) is 5.91 Å². The molecule has 26 heavy (non-hydrogen) atoms. The van der Waals surface area contributed by atoms with Gasteiger partial charge in [-0.05, 0) is 35.7 Å². The fourth-order valence-electron chi connectivity index (χ4n) is 2.82. The van der Waals surface area contributed by atoms with Gasteiger partial charge in [0.15, 0.2) is 0 Å². The van der Waals surface area contributed by atoms with Crippen molar-refractivity contribution < 1.29 is 9.18 Å². The maximum Gasteiger partial charge on any atom is 0.240 e. The molecule has 3 aromatic rings. The van der Waals surface area contributed by atoms with Gasteiger partial charge in [-0.3, -0.25) is 4.79 Å². The van der Waals surface area contributed by atoms with Gasteiger partial charge in [-0.15, -0.1) is 0 Å². The van der Waals surface area contributed by atoms with Crippen LogP contribution in [0.1, 0.15) is 22.7 Å². The fraction of sp³-hybridized carbons (Fsp3) is 0.136. The molecule has 0 aliphatic rings. The van der Waals surface area contributed by atoms with E-state index < -0.39 is 0 Å². The van der Waals surface area contributed by atoms with E-state index in [2.05, 4.69) is 10.6 Å². The van der Waals surface area contributed by atoms with Gasteiger partial charge in [-0.1, -0.05) is 66.7 Å². The summed E-state index contributed by atoms with van der Waals surface area (Å²) in [5.41, 5.74) is 3.53. The molecule has 0 atom stereocenters. The van der Waals surface area contributed by atoms with Crippen LogP contribution in [0.15, 0.2) is 78.9 Å². The van der Waals surface area contributed by atoms with Crippen molar-refractivity contribution in [1.82, 2.24) is 5.32 Å². The Balaban J connectivity index is 1.72. The van der Waals surface area contributed by atoms with Crippen molar-refractivity contribution in [1.29, 1.82) is 0 Å². The molecule has 2 N–H and O–H groups in total. The Morgan fingerprint density at radius 3 is 2.08 bits per heavy atom. The number of aryl methyl sites for hydroxylation is 1. The standard InChI is InChI=1S/C22H21FN2O/c1-16-12-13-19(23)14-20(16)24-15-21(26)25-22(17-8-4-2-5-9-17)18-10-6-3-7-11-18/h2-14,22,24H,15H2,1H3,(H,25,26). The van der Waals surface area contributed by atoms with Crippen LogP contribution in [0.25, 0.3) is 0 Å². The van der Waals surface area contributed by atoms with Gasteiger partial charge in [-0.2, -0.15) is 0 Å². The minimum absolute atomic E-state index is 0.0699. The molecule has 3 rings (SSSR count). The lowest BCUT2D eigenvalue weighted by atomic mass is 9.99. The Morgan fingerprint density at radius 2 is 1.50 bits per heavy atom. The fourth-order valence-corrected chi connectivity index (χ4v) is 2.82. The van der Waals surface area contributed by atoms with Crippen molar-refractivity contribution in [2.24, 2.45) is 0 Å². The second-order valence-corrected chi connectivity index (χ2v) is 6.13. The molecule has 0 spiro atoms. The second-order valence-electron chi connectivity index (χ2n) is 6.13. The second kappa shape index (κ2) is 8.30. The number of hydrogen-bond donors (Lipinski definition) is 2. The Morgan fingerprint density at radius 1 is 0.923 bits per heavy atom. The number of rotatable bonds is 6. The molecule has 0 heterocycles. The third-order valence-electron chi connectivity index (χ3n) is 4.21. The summed E-state index contributed by atoms with van der Waals surface area (Å²) in [5, 5.41) is 6.07. The first-order valence-electron chi connectivity index (χ1n) is 8.53. The molecule has 4 heteroatoms. The minimum atomic E-state index is -0.329. The molecule has 0 saturated carbocycles. The summed E-state index contributed by atoms with van der Waals surface area (Å²) in [4.78, 5) is 12.5. The Labute approximate surface area is 152 Å². The van der Waals surface area contributed by atoms with Crippen LogP contribution in [0.4, 0.5) is 10.1 Å². The van der Waals surface area contributed by atoms with Crippen LogP contribution in [-0.4, -0.2) is 12.5 Å².